The van der Waals surface area contributed by atoms with Crippen molar-refractivity contribution in [3.05, 3.63) is 63.9 Å². The lowest BCUT2D eigenvalue weighted by Crippen LogP contribution is -2.53. The zero-order valence-electron chi connectivity index (χ0n) is 20.1. The lowest BCUT2D eigenvalue weighted by atomic mass is 10.1. The number of halogens is 3. The van der Waals surface area contributed by atoms with E-state index >= 15 is 0 Å². The Bertz CT molecular complexity index is 1160. The highest BCUT2D eigenvalue weighted by Crippen LogP contribution is 2.25. The Balaban J connectivity index is 2.46. The molecule has 2 aromatic carbocycles. The molecule has 0 aliphatic carbocycles. The second-order valence-electron chi connectivity index (χ2n) is 8.26. The maximum Gasteiger partial charge on any atom is 0.244 e. The number of benzene rings is 2. The number of nitrogens with one attached hydrogen (secondary N) is 1. The van der Waals surface area contributed by atoms with Crippen molar-refractivity contribution in [1.82, 2.24) is 10.2 Å². The number of amides is 2. The van der Waals surface area contributed by atoms with Gasteiger partial charge in [-0.15, -0.1) is 0 Å². The zero-order valence-corrected chi connectivity index (χ0v) is 22.4. The Morgan fingerprint density at radius 2 is 1.74 bits per heavy atom. The van der Waals surface area contributed by atoms with Gasteiger partial charge in [0.05, 0.1) is 22.0 Å². The SMILES string of the molecule is CC[C@@H](C)NC(=O)[C@H](CC)N(Cc1ccc(Cl)c(Cl)c1)C(=O)CN(c1cccc(F)c1)S(C)(=O)=O. The average Bonchev–Trinajstić information content (AvgIpc) is 2.78. The predicted octanol–water partition coefficient (Wildman–Crippen LogP) is 4.62. The smallest absolute Gasteiger partial charge is 0.244 e. The molecule has 2 aromatic rings. The second-order valence-corrected chi connectivity index (χ2v) is 11.0. The summed E-state index contributed by atoms with van der Waals surface area (Å²) in [5.41, 5.74) is 0.617. The number of sulfonamides is 1. The van der Waals surface area contributed by atoms with Crippen LogP contribution in [0.1, 0.15) is 39.2 Å². The second kappa shape index (κ2) is 12.6. The molecule has 0 heterocycles. The molecule has 0 radical (unpaired) electrons. The number of hydrogen-bond donors (Lipinski definition) is 1. The number of anilines is 1. The Labute approximate surface area is 216 Å². The predicted molar refractivity (Wildman–Crippen MR) is 138 cm³/mol. The van der Waals surface area contributed by atoms with Gasteiger partial charge in [-0.25, -0.2) is 12.8 Å². The minimum atomic E-state index is -3.94. The maximum absolute atomic E-state index is 13.8. The van der Waals surface area contributed by atoms with Crippen LogP contribution in [0, 0.1) is 5.82 Å². The van der Waals surface area contributed by atoms with E-state index in [4.69, 9.17) is 23.2 Å². The first kappa shape index (κ1) is 28.9. The Kier molecular flexibility index (Phi) is 10.4. The highest BCUT2D eigenvalue weighted by Gasteiger charge is 2.32. The van der Waals surface area contributed by atoms with Crippen LogP contribution in [0.25, 0.3) is 0 Å². The number of nitrogens with zero attached hydrogens (tertiary/aromatic N) is 2. The minimum Gasteiger partial charge on any atom is -0.352 e. The molecular formula is C24H30Cl2FN3O4S. The molecule has 35 heavy (non-hydrogen) atoms. The fourth-order valence-electron chi connectivity index (χ4n) is 3.44. The molecule has 0 bridgehead atoms. The van der Waals surface area contributed by atoms with Crippen molar-refractivity contribution >= 4 is 50.7 Å². The first-order chi connectivity index (χ1) is 16.4. The molecule has 192 valence electrons. The molecule has 0 spiro atoms. The summed E-state index contributed by atoms with van der Waals surface area (Å²) in [6.45, 7) is 4.91. The summed E-state index contributed by atoms with van der Waals surface area (Å²) < 4.78 is 39.7. The first-order valence-electron chi connectivity index (χ1n) is 11.1. The van der Waals surface area contributed by atoms with Crippen LogP contribution in [0.5, 0.6) is 0 Å². The molecule has 7 nitrogen and oxygen atoms in total. The van der Waals surface area contributed by atoms with Crippen LogP contribution in [0.4, 0.5) is 10.1 Å². The summed E-state index contributed by atoms with van der Waals surface area (Å²) in [5.74, 6) is -1.63. The number of carbonyl (C=O) groups is 2. The molecule has 2 amide bonds. The van der Waals surface area contributed by atoms with E-state index in [0.717, 1.165) is 16.6 Å². The van der Waals surface area contributed by atoms with Gasteiger partial charge in [0.1, 0.15) is 18.4 Å². The van der Waals surface area contributed by atoms with Crippen LogP contribution in [0.3, 0.4) is 0 Å². The molecule has 0 aliphatic rings. The Hall–Kier alpha value is -2.36. The molecule has 1 N–H and O–H groups in total. The van der Waals surface area contributed by atoms with E-state index in [0.29, 0.717) is 17.0 Å². The highest BCUT2D eigenvalue weighted by atomic mass is 35.5. The fourth-order valence-corrected chi connectivity index (χ4v) is 4.60. The Morgan fingerprint density at radius 1 is 1.06 bits per heavy atom. The van der Waals surface area contributed by atoms with Crippen LogP contribution in [0.2, 0.25) is 10.0 Å². The number of rotatable bonds is 11. The highest BCUT2D eigenvalue weighted by molar-refractivity contribution is 7.92. The standard InChI is InChI=1S/C24H30Cl2FN3O4S/c1-5-16(3)28-24(32)22(6-2)29(14-17-10-11-20(25)21(26)12-17)23(31)15-30(35(4,33)34)19-9-7-8-18(27)13-19/h7-13,16,22H,5-6,14-15H2,1-4H3,(H,28,32)/t16-,22+/m1/s1. The lowest BCUT2D eigenvalue weighted by molar-refractivity contribution is -0.140. The molecule has 2 atom stereocenters. The van der Waals surface area contributed by atoms with Crippen molar-refractivity contribution in [2.24, 2.45) is 0 Å². The van der Waals surface area contributed by atoms with Gasteiger partial charge in [-0.05, 0) is 55.7 Å². The monoisotopic (exact) mass is 545 g/mol. The largest absolute Gasteiger partial charge is 0.352 e. The van der Waals surface area contributed by atoms with E-state index in [1.807, 2.05) is 13.8 Å². The third-order valence-electron chi connectivity index (χ3n) is 5.50. The van der Waals surface area contributed by atoms with Crippen LogP contribution >= 0.6 is 23.2 Å². The van der Waals surface area contributed by atoms with Crippen molar-refractivity contribution < 1.29 is 22.4 Å². The molecular weight excluding hydrogens is 516 g/mol. The minimum absolute atomic E-state index is 0.00689. The number of hydrogen-bond acceptors (Lipinski definition) is 4. The van der Waals surface area contributed by atoms with Crippen LogP contribution in [0.15, 0.2) is 42.5 Å². The zero-order chi connectivity index (χ0) is 26.3. The van der Waals surface area contributed by atoms with E-state index in [2.05, 4.69) is 5.32 Å². The molecule has 0 aromatic heterocycles. The molecule has 0 saturated carbocycles. The molecule has 2 rings (SSSR count). The van der Waals surface area contributed by atoms with Gasteiger partial charge in [-0.1, -0.05) is 49.2 Å². The summed E-state index contributed by atoms with van der Waals surface area (Å²) in [6.07, 6.45) is 1.92. The van der Waals surface area contributed by atoms with Crippen LogP contribution in [-0.4, -0.2) is 50.0 Å². The molecule has 0 aliphatic heterocycles. The van der Waals surface area contributed by atoms with Crippen LogP contribution < -0.4 is 9.62 Å². The fraction of sp³-hybridized carbons (Fsp3) is 0.417. The van der Waals surface area contributed by atoms with Gasteiger partial charge in [-0.2, -0.15) is 0 Å². The summed E-state index contributed by atoms with van der Waals surface area (Å²) in [4.78, 5) is 27.9. The topological polar surface area (TPSA) is 86.8 Å². The van der Waals surface area contributed by atoms with Crippen molar-refractivity contribution in [3.8, 4) is 0 Å². The van der Waals surface area contributed by atoms with Gasteiger partial charge >= 0.3 is 0 Å². The third-order valence-corrected chi connectivity index (χ3v) is 7.38. The number of carbonyl (C=O) groups excluding carboxylic acids is 2. The Morgan fingerprint density at radius 3 is 2.29 bits per heavy atom. The van der Waals surface area contributed by atoms with E-state index < -0.39 is 34.3 Å². The van der Waals surface area contributed by atoms with Crippen molar-refractivity contribution in [3.63, 3.8) is 0 Å². The van der Waals surface area contributed by atoms with E-state index in [1.165, 1.54) is 23.1 Å². The molecule has 0 saturated heterocycles. The van der Waals surface area contributed by atoms with Crippen molar-refractivity contribution in [2.75, 3.05) is 17.1 Å². The van der Waals surface area contributed by atoms with Crippen molar-refractivity contribution in [1.29, 1.82) is 0 Å². The van der Waals surface area contributed by atoms with E-state index in [-0.39, 0.29) is 35.6 Å². The summed E-state index contributed by atoms with van der Waals surface area (Å²) in [7, 11) is -3.94. The average molecular weight is 546 g/mol. The van der Waals surface area contributed by atoms with Crippen LogP contribution in [-0.2, 0) is 26.2 Å². The summed E-state index contributed by atoms with van der Waals surface area (Å²) in [6, 6.07) is 8.82. The van der Waals surface area contributed by atoms with E-state index in [9.17, 15) is 22.4 Å². The van der Waals surface area contributed by atoms with Gasteiger partial charge in [0.25, 0.3) is 0 Å². The van der Waals surface area contributed by atoms with Gasteiger partial charge in [0.2, 0.25) is 21.8 Å². The van der Waals surface area contributed by atoms with Gasteiger partial charge in [0.15, 0.2) is 0 Å². The normalized spacial score (nSPS) is 13.1. The quantitative estimate of drug-likeness (QED) is 0.446. The lowest BCUT2D eigenvalue weighted by Gasteiger charge is -2.33. The van der Waals surface area contributed by atoms with E-state index in [1.54, 1.807) is 25.1 Å². The van der Waals surface area contributed by atoms with Gasteiger partial charge in [0, 0.05) is 12.6 Å². The summed E-state index contributed by atoms with van der Waals surface area (Å²) >= 11 is 12.2. The molecule has 0 fully saturated rings. The third kappa shape index (κ3) is 8.08. The van der Waals surface area contributed by atoms with Crippen molar-refractivity contribution in [2.45, 2.75) is 52.2 Å². The van der Waals surface area contributed by atoms with Gasteiger partial charge in [-0.3, -0.25) is 13.9 Å². The van der Waals surface area contributed by atoms with Gasteiger partial charge < -0.3 is 10.2 Å². The summed E-state index contributed by atoms with van der Waals surface area (Å²) in [5, 5.41) is 3.50. The first-order valence-corrected chi connectivity index (χ1v) is 13.7. The molecule has 11 heteroatoms. The maximum atomic E-state index is 13.8. The molecule has 0 unspecified atom stereocenters.